The Kier molecular flexibility index (Phi) is 4.99. The summed E-state index contributed by atoms with van der Waals surface area (Å²) in [6, 6.07) is 3.04. The van der Waals surface area contributed by atoms with Gasteiger partial charge in [-0.3, -0.25) is 4.79 Å². The molecule has 33 heavy (non-hydrogen) atoms. The fourth-order valence-electron chi connectivity index (χ4n) is 3.47. The third-order valence-corrected chi connectivity index (χ3v) is 5.80. The van der Waals surface area contributed by atoms with Gasteiger partial charge in [-0.15, -0.1) is 0 Å². The van der Waals surface area contributed by atoms with E-state index in [1.54, 1.807) is 0 Å². The molecule has 0 spiro atoms. The van der Waals surface area contributed by atoms with Gasteiger partial charge in [0.25, 0.3) is 0 Å². The van der Waals surface area contributed by atoms with Gasteiger partial charge >= 0.3 is 12.1 Å². The third kappa shape index (κ3) is 3.42. The molecular formula is C18H15F5N8OS. The van der Waals surface area contributed by atoms with Gasteiger partial charge in [0.2, 0.25) is 5.91 Å². The summed E-state index contributed by atoms with van der Waals surface area (Å²) in [5, 5.41) is 6.92. The van der Waals surface area contributed by atoms with E-state index in [0.717, 1.165) is 4.68 Å². The van der Waals surface area contributed by atoms with E-state index in [9.17, 15) is 26.7 Å². The third-order valence-electron chi connectivity index (χ3n) is 5.39. The molecule has 0 bridgehead atoms. The fourth-order valence-corrected chi connectivity index (χ4v) is 3.66. The van der Waals surface area contributed by atoms with Gasteiger partial charge in [-0.1, -0.05) is 12.2 Å². The summed E-state index contributed by atoms with van der Waals surface area (Å²) < 4.78 is 65.5. The van der Waals surface area contributed by atoms with Crippen molar-refractivity contribution >= 4 is 45.8 Å². The molecule has 1 amide bonds. The van der Waals surface area contributed by atoms with E-state index >= 15 is 0 Å². The van der Waals surface area contributed by atoms with Crippen LogP contribution in [-0.2, 0) is 16.8 Å². The minimum absolute atomic E-state index is 0.0288. The Bertz CT molecular complexity index is 1310. The molecular weight excluding hydrogens is 471 g/mol. The fraction of sp³-hybridized carbons (Fsp3) is 0.333. The van der Waals surface area contributed by atoms with Crippen molar-refractivity contribution < 1.29 is 26.7 Å². The number of carbonyl (C=O) groups is 1. The summed E-state index contributed by atoms with van der Waals surface area (Å²) >= 11 is 5.00. The van der Waals surface area contributed by atoms with Gasteiger partial charge in [-0.25, -0.2) is 19.6 Å². The van der Waals surface area contributed by atoms with E-state index in [1.165, 1.54) is 25.3 Å². The first-order chi connectivity index (χ1) is 15.3. The van der Waals surface area contributed by atoms with E-state index in [0.29, 0.717) is 0 Å². The van der Waals surface area contributed by atoms with Gasteiger partial charge in [0.05, 0.1) is 15.9 Å². The monoisotopic (exact) mass is 486 g/mol. The van der Waals surface area contributed by atoms with E-state index in [4.69, 9.17) is 23.7 Å². The number of nitrogens with zero attached hydrogens (tertiary/aromatic N) is 5. The van der Waals surface area contributed by atoms with E-state index in [-0.39, 0.29) is 44.7 Å². The zero-order valence-electron chi connectivity index (χ0n) is 16.7. The number of nitrogens with two attached hydrogens (primary N) is 2. The maximum absolute atomic E-state index is 13.4. The number of fused-ring (bicyclic) bond motifs is 2. The molecule has 0 aliphatic carbocycles. The Labute approximate surface area is 187 Å². The molecule has 5 N–H and O–H groups in total. The van der Waals surface area contributed by atoms with Crippen molar-refractivity contribution in [3.05, 3.63) is 23.9 Å². The summed E-state index contributed by atoms with van der Waals surface area (Å²) in [6.45, 7) is 0.682. The standard InChI is InChI=1S/C18H15F5N8OS/c1-16(14(25)33)8-10(24)27-12(28-11(8)29-15(16)32)9-7-3-2-5-26-13(7)31(30-9)6-4-17(19,20)18(21,22)23/h2-3,5H,4,6H2,1H3,(H2,25,33)(H3,24,27,28,29,32). The second-order valence-corrected chi connectivity index (χ2v) is 7.94. The van der Waals surface area contributed by atoms with E-state index in [2.05, 4.69) is 25.4 Å². The van der Waals surface area contributed by atoms with Crippen LogP contribution in [-0.4, -0.2) is 47.7 Å². The Morgan fingerprint density at radius 3 is 2.61 bits per heavy atom. The number of anilines is 2. The molecule has 3 aromatic rings. The van der Waals surface area contributed by atoms with Gasteiger partial charge < -0.3 is 16.8 Å². The van der Waals surface area contributed by atoms with Crippen LogP contribution in [0.3, 0.4) is 0 Å². The highest BCUT2D eigenvalue weighted by atomic mass is 32.1. The maximum Gasteiger partial charge on any atom is 0.453 e. The number of rotatable bonds is 5. The Morgan fingerprint density at radius 2 is 1.97 bits per heavy atom. The number of aromatic nitrogens is 5. The molecule has 1 aliphatic heterocycles. The first-order valence-corrected chi connectivity index (χ1v) is 9.74. The van der Waals surface area contributed by atoms with Crippen LogP contribution in [0.4, 0.5) is 33.6 Å². The topological polar surface area (TPSA) is 138 Å². The number of aryl methyl sites for hydroxylation is 1. The van der Waals surface area contributed by atoms with Crippen LogP contribution < -0.4 is 16.8 Å². The number of halogens is 5. The van der Waals surface area contributed by atoms with Crippen LogP contribution in [0.25, 0.3) is 22.6 Å². The molecule has 1 atom stereocenters. The lowest BCUT2D eigenvalue weighted by molar-refractivity contribution is -0.285. The summed E-state index contributed by atoms with van der Waals surface area (Å²) in [4.78, 5) is 24.8. The van der Waals surface area contributed by atoms with Crippen molar-refractivity contribution in [3.63, 3.8) is 0 Å². The van der Waals surface area contributed by atoms with Crippen LogP contribution >= 0.6 is 12.2 Å². The zero-order valence-corrected chi connectivity index (χ0v) is 17.6. The van der Waals surface area contributed by atoms with Crippen LogP contribution in [0, 0.1) is 0 Å². The first kappa shape index (κ1) is 22.7. The summed E-state index contributed by atoms with van der Waals surface area (Å²) in [7, 11) is 0. The van der Waals surface area contributed by atoms with Crippen molar-refractivity contribution in [1.29, 1.82) is 0 Å². The molecule has 0 saturated heterocycles. The minimum atomic E-state index is -5.70. The smallest absolute Gasteiger partial charge is 0.392 e. The van der Waals surface area contributed by atoms with E-state index < -0.39 is 36.4 Å². The predicted octanol–water partition coefficient (Wildman–Crippen LogP) is 2.55. The Balaban J connectivity index is 1.80. The number of nitrogens with one attached hydrogen (secondary N) is 1. The van der Waals surface area contributed by atoms with Crippen molar-refractivity contribution in [2.45, 2.75) is 37.4 Å². The molecule has 4 heterocycles. The SMILES string of the molecule is CC1(C(N)=S)C(=O)Nc2nc(-c3nn(CCC(F)(F)C(F)(F)F)c4ncccc34)nc(N)c21. The number of carbonyl (C=O) groups excluding carboxylic acids is 1. The molecule has 3 aromatic heterocycles. The molecule has 174 valence electrons. The van der Waals surface area contributed by atoms with Crippen LogP contribution in [0.5, 0.6) is 0 Å². The molecule has 1 aliphatic rings. The van der Waals surface area contributed by atoms with Crippen molar-refractivity contribution in [3.8, 4) is 11.5 Å². The quantitative estimate of drug-likeness (QED) is 0.370. The van der Waals surface area contributed by atoms with Gasteiger partial charge in [0.15, 0.2) is 11.5 Å². The van der Waals surface area contributed by atoms with Crippen LogP contribution in [0.1, 0.15) is 18.9 Å². The Hall–Kier alpha value is -3.49. The second kappa shape index (κ2) is 7.26. The highest BCUT2D eigenvalue weighted by molar-refractivity contribution is 7.80. The molecule has 0 radical (unpaired) electrons. The molecule has 9 nitrogen and oxygen atoms in total. The van der Waals surface area contributed by atoms with Crippen molar-refractivity contribution in [1.82, 2.24) is 24.7 Å². The van der Waals surface area contributed by atoms with Crippen molar-refractivity contribution in [2.24, 2.45) is 5.73 Å². The molecule has 0 saturated carbocycles. The predicted molar refractivity (Wildman–Crippen MR) is 111 cm³/mol. The summed E-state index contributed by atoms with van der Waals surface area (Å²) in [5.74, 6) is -5.66. The minimum Gasteiger partial charge on any atom is -0.392 e. The maximum atomic E-state index is 13.4. The first-order valence-electron chi connectivity index (χ1n) is 9.33. The molecule has 15 heteroatoms. The molecule has 0 fully saturated rings. The summed E-state index contributed by atoms with van der Waals surface area (Å²) in [6.07, 6.45) is -5.91. The number of hydrogen-bond acceptors (Lipinski definition) is 7. The lowest BCUT2D eigenvalue weighted by atomic mass is 9.84. The van der Waals surface area contributed by atoms with Gasteiger partial charge in [-0.2, -0.15) is 27.1 Å². The van der Waals surface area contributed by atoms with E-state index in [1.807, 2.05) is 0 Å². The normalized spacial score (nSPS) is 18.4. The summed E-state index contributed by atoms with van der Waals surface area (Å²) in [5.41, 5.74) is 10.6. The van der Waals surface area contributed by atoms with Crippen molar-refractivity contribution in [2.75, 3.05) is 11.1 Å². The average molecular weight is 486 g/mol. The number of nitrogen functional groups attached to an aromatic ring is 1. The average Bonchev–Trinajstić information content (AvgIpc) is 3.21. The Morgan fingerprint density at radius 1 is 1.27 bits per heavy atom. The number of thiocarbonyl (C=S) groups is 1. The number of alkyl halides is 5. The zero-order chi connectivity index (χ0) is 24.3. The second-order valence-electron chi connectivity index (χ2n) is 7.50. The van der Waals surface area contributed by atoms with Gasteiger partial charge in [0.1, 0.15) is 22.7 Å². The highest BCUT2D eigenvalue weighted by Crippen LogP contribution is 2.42. The molecule has 1 unspecified atom stereocenters. The number of amides is 1. The number of hydrogen-bond donors (Lipinski definition) is 3. The number of pyridine rings is 1. The van der Waals surface area contributed by atoms with Gasteiger partial charge in [-0.05, 0) is 19.1 Å². The largest absolute Gasteiger partial charge is 0.453 e. The van der Waals surface area contributed by atoms with Gasteiger partial charge in [0, 0.05) is 19.2 Å². The van der Waals surface area contributed by atoms with Crippen LogP contribution in [0.2, 0.25) is 0 Å². The molecule has 0 aromatic carbocycles. The highest BCUT2D eigenvalue weighted by Gasteiger charge is 2.56. The van der Waals surface area contributed by atoms with Crippen LogP contribution in [0.15, 0.2) is 18.3 Å². The molecule has 4 rings (SSSR count). The lowest BCUT2D eigenvalue weighted by Gasteiger charge is -2.20. The lowest BCUT2D eigenvalue weighted by Crippen LogP contribution is -2.43.